The quantitative estimate of drug-likeness (QED) is 0.311. The van der Waals surface area contributed by atoms with Crippen LogP contribution in [0.3, 0.4) is 0 Å². The molecule has 0 amide bonds. The van der Waals surface area contributed by atoms with E-state index in [0.717, 1.165) is 55.1 Å². The smallest absolute Gasteiger partial charge is 0.191 e. The summed E-state index contributed by atoms with van der Waals surface area (Å²) in [4.78, 5) is 6.77. The fourth-order valence-electron chi connectivity index (χ4n) is 3.47. The molecule has 1 saturated heterocycles. The second-order valence-electron chi connectivity index (χ2n) is 6.96. The lowest BCUT2D eigenvalue weighted by molar-refractivity contribution is 0.0124. The zero-order chi connectivity index (χ0) is 20.5. The van der Waals surface area contributed by atoms with Crippen molar-refractivity contribution < 1.29 is 13.9 Å². The van der Waals surface area contributed by atoms with Gasteiger partial charge in [-0.1, -0.05) is 18.2 Å². The van der Waals surface area contributed by atoms with Crippen molar-refractivity contribution in [1.82, 2.24) is 15.5 Å². The van der Waals surface area contributed by atoms with Crippen LogP contribution in [0.1, 0.15) is 30.0 Å². The number of nitrogens with one attached hydrogen (secondary N) is 2. The first-order chi connectivity index (χ1) is 14.2. The second-order valence-corrected chi connectivity index (χ2v) is 6.96. The van der Waals surface area contributed by atoms with Crippen LogP contribution < -0.4 is 15.4 Å². The topological polar surface area (TPSA) is 71.3 Å². The van der Waals surface area contributed by atoms with Gasteiger partial charge in [-0.15, -0.1) is 24.0 Å². The Hall–Kier alpha value is -1.78. The molecule has 0 spiro atoms. The van der Waals surface area contributed by atoms with Gasteiger partial charge in [0.25, 0.3) is 0 Å². The van der Waals surface area contributed by atoms with E-state index in [-0.39, 0.29) is 30.0 Å². The van der Waals surface area contributed by atoms with E-state index in [1.54, 1.807) is 7.05 Å². The molecule has 1 aromatic heterocycles. The number of hydrogen-bond acceptors (Lipinski definition) is 5. The Labute approximate surface area is 196 Å². The van der Waals surface area contributed by atoms with Crippen LogP contribution in [-0.2, 0) is 11.3 Å². The van der Waals surface area contributed by atoms with Gasteiger partial charge < -0.3 is 24.5 Å². The molecule has 1 atom stereocenters. The Morgan fingerprint density at radius 2 is 1.93 bits per heavy atom. The van der Waals surface area contributed by atoms with Gasteiger partial charge in [-0.3, -0.25) is 9.89 Å². The molecule has 0 aliphatic carbocycles. The summed E-state index contributed by atoms with van der Waals surface area (Å²) >= 11 is 0. The third-order valence-corrected chi connectivity index (χ3v) is 4.98. The number of furan rings is 1. The van der Waals surface area contributed by atoms with Gasteiger partial charge in [-0.25, -0.2) is 0 Å². The number of nitrogens with zero attached hydrogens (tertiary/aromatic N) is 2. The Morgan fingerprint density at radius 3 is 2.60 bits per heavy atom. The van der Waals surface area contributed by atoms with Crippen LogP contribution in [0.2, 0.25) is 0 Å². The van der Waals surface area contributed by atoms with Crippen molar-refractivity contribution in [2.45, 2.75) is 26.4 Å². The van der Waals surface area contributed by atoms with Gasteiger partial charge >= 0.3 is 0 Å². The number of ether oxygens (including phenoxy) is 2. The first-order valence-electron chi connectivity index (χ1n) is 10.2. The van der Waals surface area contributed by atoms with Gasteiger partial charge in [0.1, 0.15) is 17.3 Å². The SMILES string of the molecule is CCOc1ccccc1CNC(=NC)NCC(c1ccc(C)o1)N1CCOCC1.I. The van der Waals surface area contributed by atoms with E-state index >= 15 is 0 Å². The largest absolute Gasteiger partial charge is 0.494 e. The van der Waals surface area contributed by atoms with Gasteiger partial charge in [-0.2, -0.15) is 0 Å². The summed E-state index contributed by atoms with van der Waals surface area (Å²) in [5.41, 5.74) is 1.10. The number of morpholine rings is 1. The van der Waals surface area contributed by atoms with Crippen LogP contribution in [0.25, 0.3) is 0 Å². The normalized spacial score (nSPS) is 15.9. The maximum atomic E-state index is 5.94. The first kappa shape index (κ1) is 24.5. The Morgan fingerprint density at radius 1 is 1.17 bits per heavy atom. The summed E-state index contributed by atoms with van der Waals surface area (Å²) in [6.45, 7) is 9.22. The van der Waals surface area contributed by atoms with E-state index in [1.807, 2.05) is 38.1 Å². The number of guanidine groups is 1. The average molecular weight is 528 g/mol. The van der Waals surface area contributed by atoms with Crippen LogP contribution in [-0.4, -0.2) is 57.4 Å². The highest BCUT2D eigenvalue weighted by molar-refractivity contribution is 14.0. The van der Waals surface area contributed by atoms with Gasteiger partial charge in [-0.05, 0) is 32.0 Å². The van der Waals surface area contributed by atoms with Crippen LogP contribution in [0.5, 0.6) is 5.75 Å². The Bertz CT molecular complexity index is 790. The molecule has 8 heteroatoms. The molecule has 1 fully saturated rings. The minimum absolute atomic E-state index is 0. The first-order valence-corrected chi connectivity index (χ1v) is 10.2. The lowest BCUT2D eigenvalue weighted by Crippen LogP contribution is -2.46. The average Bonchev–Trinajstić information content (AvgIpc) is 3.18. The van der Waals surface area contributed by atoms with E-state index in [2.05, 4.69) is 32.7 Å². The summed E-state index contributed by atoms with van der Waals surface area (Å²) in [7, 11) is 1.78. The predicted molar refractivity (Wildman–Crippen MR) is 130 cm³/mol. The highest BCUT2D eigenvalue weighted by Crippen LogP contribution is 2.23. The third kappa shape index (κ3) is 6.88. The lowest BCUT2D eigenvalue weighted by atomic mass is 10.1. The molecule has 1 unspecified atom stereocenters. The second kappa shape index (κ2) is 12.8. The van der Waals surface area contributed by atoms with Crippen LogP contribution in [0, 0.1) is 6.92 Å². The fourth-order valence-corrected chi connectivity index (χ4v) is 3.47. The third-order valence-electron chi connectivity index (χ3n) is 4.98. The fraction of sp³-hybridized carbons (Fsp3) is 0.500. The number of benzene rings is 1. The van der Waals surface area contributed by atoms with Crippen molar-refractivity contribution in [3.63, 3.8) is 0 Å². The molecule has 2 heterocycles. The predicted octanol–water partition coefficient (Wildman–Crippen LogP) is 3.34. The van der Waals surface area contributed by atoms with E-state index in [1.165, 1.54) is 0 Å². The summed E-state index contributed by atoms with van der Waals surface area (Å²) < 4.78 is 17.2. The molecule has 2 N–H and O–H groups in total. The molecule has 1 aromatic carbocycles. The number of para-hydroxylation sites is 1. The number of halogens is 1. The van der Waals surface area contributed by atoms with Gasteiger partial charge in [0, 0.05) is 38.8 Å². The molecule has 166 valence electrons. The Balaban J connectivity index is 0.00000320. The Kier molecular flexibility index (Phi) is 10.5. The molecule has 2 aromatic rings. The van der Waals surface area contributed by atoms with Crippen molar-refractivity contribution in [1.29, 1.82) is 0 Å². The van der Waals surface area contributed by atoms with Gasteiger partial charge in [0.2, 0.25) is 0 Å². The van der Waals surface area contributed by atoms with Crippen LogP contribution in [0.15, 0.2) is 45.8 Å². The molecule has 30 heavy (non-hydrogen) atoms. The number of hydrogen-bond donors (Lipinski definition) is 2. The monoisotopic (exact) mass is 528 g/mol. The number of rotatable bonds is 8. The summed E-state index contributed by atoms with van der Waals surface area (Å²) in [6, 6.07) is 12.3. The van der Waals surface area contributed by atoms with Gasteiger partial charge in [0.15, 0.2) is 5.96 Å². The van der Waals surface area contributed by atoms with E-state index in [0.29, 0.717) is 19.7 Å². The van der Waals surface area contributed by atoms with Crippen molar-refractivity contribution in [2.24, 2.45) is 4.99 Å². The molecule has 7 nitrogen and oxygen atoms in total. The van der Waals surface area contributed by atoms with E-state index < -0.39 is 0 Å². The zero-order valence-corrected chi connectivity index (χ0v) is 20.3. The standard InChI is InChI=1S/C22H32N4O3.HI/c1-4-28-20-8-6-5-7-18(20)15-24-22(23-3)25-16-19(21-10-9-17(2)29-21)26-11-13-27-14-12-26;/h5-10,19H,4,11-16H2,1-3H3,(H2,23,24,25);1H. The molecule has 3 rings (SSSR count). The molecule has 0 bridgehead atoms. The van der Waals surface area contributed by atoms with Crippen molar-refractivity contribution in [3.05, 3.63) is 53.5 Å². The molecule has 1 aliphatic rings. The molecule has 0 radical (unpaired) electrons. The summed E-state index contributed by atoms with van der Waals surface area (Å²) in [6.07, 6.45) is 0. The highest BCUT2D eigenvalue weighted by Gasteiger charge is 2.25. The van der Waals surface area contributed by atoms with Crippen LogP contribution >= 0.6 is 24.0 Å². The molecular weight excluding hydrogens is 495 g/mol. The minimum Gasteiger partial charge on any atom is -0.494 e. The highest BCUT2D eigenvalue weighted by atomic mass is 127. The maximum Gasteiger partial charge on any atom is 0.191 e. The zero-order valence-electron chi connectivity index (χ0n) is 18.0. The molecule has 0 saturated carbocycles. The minimum atomic E-state index is 0. The lowest BCUT2D eigenvalue weighted by Gasteiger charge is -2.33. The van der Waals surface area contributed by atoms with Crippen LogP contribution in [0.4, 0.5) is 0 Å². The summed E-state index contributed by atoms with van der Waals surface area (Å²) in [5, 5.41) is 6.84. The van der Waals surface area contributed by atoms with Gasteiger partial charge in [0.05, 0.1) is 25.9 Å². The van der Waals surface area contributed by atoms with E-state index in [9.17, 15) is 0 Å². The molecule has 1 aliphatic heterocycles. The number of aryl methyl sites for hydroxylation is 1. The molecular formula is C22H33IN4O3. The maximum absolute atomic E-state index is 5.94. The van der Waals surface area contributed by atoms with Crippen molar-refractivity contribution in [3.8, 4) is 5.75 Å². The van der Waals surface area contributed by atoms with Crippen molar-refractivity contribution in [2.75, 3.05) is 46.5 Å². The van der Waals surface area contributed by atoms with Crippen molar-refractivity contribution >= 4 is 29.9 Å². The summed E-state index contributed by atoms with van der Waals surface area (Å²) in [5.74, 6) is 3.54. The van der Waals surface area contributed by atoms with E-state index in [4.69, 9.17) is 13.9 Å². The number of aliphatic imine (C=N–C) groups is 1.